The Labute approximate surface area is 94.4 Å². The molecule has 0 bridgehead atoms. The number of rotatable bonds is 4. The Bertz CT molecular complexity index is 423. The quantitative estimate of drug-likeness (QED) is 0.659. The van der Waals surface area contributed by atoms with Gasteiger partial charge in [-0.25, -0.2) is 22.4 Å². The van der Waals surface area contributed by atoms with Crippen LogP contribution in [0.2, 0.25) is 0 Å². The average Bonchev–Trinajstić information content (AvgIpc) is 2.30. The molecular formula is C10H9F4NO2. The fraction of sp³-hybridized carbons (Fsp3) is 0.300. The van der Waals surface area contributed by atoms with Crippen molar-refractivity contribution in [3.05, 3.63) is 29.3 Å². The van der Waals surface area contributed by atoms with E-state index in [9.17, 15) is 22.4 Å². The van der Waals surface area contributed by atoms with Crippen molar-refractivity contribution in [2.45, 2.75) is 6.43 Å². The normalized spacial score (nSPS) is 10.5. The summed E-state index contributed by atoms with van der Waals surface area (Å²) >= 11 is 0. The summed E-state index contributed by atoms with van der Waals surface area (Å²) in [6.45, 7) is -0.812. The van der Waals surface area contributed by atoms with Crippen LogP contribution in [0.3, 0.4) is 0 Å². The fourth-order valence-corrected chi connectivity index (χ4v) is 1.14. The molecule has 0 aliphatic carbocycles. The summed E-state index contributed by atoms with van der Waals surface area (Å²) in [5.74, 6) is -3.87. The van der Waals surface area contributed by atoms with Crippen LogP contribution in [-0.4, -0.2) is 26.0 Å². The van der Waals surface area contributed by atoms with E-state index in [2.05, 4.69) is 4.74 Å². The Balaban J connectivity index is 2.98. The minimum atomic E-state index is -2.70. The molecule has 94 valence electrons. The molecule has 0 aromatic heterocycles. The van der Waals surface area contributed by atoms with Gasteiger partial charge in [0.25, 0.3) is 6.43 Å². The number of anilines is 1. The second kappa shape index (κ2) is 5.51. The van der Waals surface area contributed by atoms with Crippen LogP contribution in [0.25, 0.3) is 0 Å². The van der Waals surface area contributed by atoms with E-state index in [0.29, 0.717) is 0 Å². The average molecular weight is 251 g/mol. The molecule has 0 saturated carbocycles. The standard InChI is InChI=1S/C10H9F4NO2/c1-17-10(16)5-2-3-6(9(14)8(5)13)15-4-7(11)12/h2-3,7,15H,4H2,1H3. The number of methoxy groups -OCH3 is 1. The number of halogens is 4. The van der Waals surface area contributed by atoms with E-state index in [1.54, 1.807) is 0 Å². The number of esters is 1. The Hall–Kier alpha value is -1.79. The van der Waals surface area contributed by atoms with E-state index in [1.165, 1.54) is 0 Å². The van der Waals surface area contributed by atoms with Crippen LogP contribution < -0.4 is 5.32 Å². The molecule has 0 amide bonds. The summed E-state index contributed by atoms with van der Waals surface area (Å²) in [6, 6.07) is 1.95. The van der Waals surface area contributed by atoms with Crippen molar-refractivity contribution < 1.29 is 27.1 Å². The first-order valence-corrected chi connectivity index (χ1v) is 4.55. The van der Waals surface area contributed by atoms with Crippen molar-refractivity contribution in [3.63, 3.8) is 0 Å². The predicted octanol–water partition coefficient (Wildman–Crippen LogP) is 2.43. The number of carbonyl (C=O) groups excluding carboxylic acids is 1. The zero-order valence-corrected chi connectivity index (χ0v) is 8.77. The van der Waals surface area contributed by atoms with Crippen molar-refractivity contribution in [2.24, 2.45) is 0 Å². The van der Waals surface area contributed by atoms with Gasteiger partial charge in [-0.05, 0) is 12.1 Å². The highest BCUT2D eigenvalue weighted by Gasteiger charge is 2.19. The maximum Gasteiger partial charge on any atom is 0.340 e. The maximum atomic E-state index is 13.3. The van der Waals surface area contributed by atoms with E-state index < -0.39 is 41.8 Å². The van der Waals surface area contributed by atoms with Crippen molar-refractivity contribution in [1.29, 1.82) is 0 Å². The molecule has 0 aliphatic heterocycles. The minimum Gasteiger partial charge on any atom is -0.465 e. The number of nitrogens with one attached hydrogen (secondary N) is 1. The molecule has 0 spiro atoms. The van der Waals surface area contributed by atoms with Gasteiger partial charge in [0, 0.05) is 0 Å². The lowest BCUT2D eigenvalue weighted by atomic mass is 10.2. The first kappa shape index (κ1) is 13.3. The molecule has 7 heteroatoms. The van der Waals surface area contributed by atoms with Gasteiger partial charge in [0.1, 0.15) is 0 Å². The molecule has 0 heterocycles. The summed E-state index contributed by atoms with van der Waals surface area (Å²) in [6.07, 6.45) is -2.70. The first-order chi connectivity index (χ1) is 7.97. The lowest BCUT2D eigenvalue weighted by Crippen LogP contribution is -2.13. The maximum absolute atomic E-state index is 13.3. The molecule has 0 atom stereocenters. The van der Waals surface area contributed by atoms with Gasteiger partial charge in [0.05, 0.1) is 24.9 Å². The Morgan fingerprint density at radius 3 is 2.53 bits per heavy atom. The minimum absolute atomic E-state index is 0.435. The number of ether oxygens (including phenoxy) is 1. The van der Waals surface area contributed by atoms with Crippen molar-refractivity contribution in [2.75, 3.05) is 19.0 Å². The molecule has 17 heavy (non-hydrogen) atoms. The molecule has 0 saturated heterocycles. The van der Waals surface area contributed by atoms with Gasteiger partial charge in [-0.1, -0.05) is 0 Å². The highest BCUT2D eigenvalue weighted by molar-refractivity contribution is 5.90. The third-order valence-corrected chi connectivity index (χ3v) is 1.93. The summed E-state index contributed by atoms with van der Waals surface area (Å²) < 4.78 is 54.6. The largest absolute Gasteiger partial charge is 0.465 e. The summed E-state index contributed by atoms with van der Waals surface area (Å²) in [5.41, 5.74) is -1.02. The van der Waals surface area contributed by atoms with E-state index in [-0.39, 0.29) is 0 Å². The highest BCUT2D eigenvalue weighted by atomic mass is 19.3. The molecule has 0 unspecified atom stereocenters. The Morgan fingerprint density at radius 1 is 1.35 bits per heavy atom. The van der Waals surface area contributed by atoms with Crippen LogP contribution in [0.1, 0.15) is 10.4 Å². The zero-order chi connectivity index (χ0) is 13.0. The van der Waals surface area contributed by atoms with Crippen molar-refractivity contribution in [1.82, 2.24) is 0 Å². The number of hydrogen-bond acceptors (Lipinski definition) is 3. The highest BCUT2D eigenvalue weighted by Crippen LogP contribution is 2.21. The molecule has 1 aromatic rings. The van der Waals surface area contributed by atoms with Gasteiger partial charge in [0.2, 0.25) is 0 Å². The summed E-state index contributed by atoms with van der Waals surface area (Å²) in [7, 11) is 1.02. The number of carbonyl (C=O) groups is 1. The second-order valence-corrected chi connectivity index (χ2v) is 3.05. The van der Waals surface area contributed by atoms with Crippen LogP contribution in [0.5, 0.6) is 0 Å². The fourth-order valence-electron chi connectivity index (χ4n) is 1.14. The first-order valence-electron chi connectivity index (χ1n) is 4.55. The van der Waals surface area contributed by atoms with Gasteiger partial charge in [0.15, 0.2) is 11.6 Å². The van der Waals surface area contributed by atoms with E-state index in [4.69, 9.17) is 0 Å². The van der Waals surface area contributed by atoms with Gasteiger partial charge < -0.3 is 10.1 Å². The predicted molar refractivity (Wildman–Crippen MR) is 52.2 cm³/mol. The van der Waals surface area contributed by atoms with Crippen molar-refractivity contribution >= 4 is 11.7 Å². The number of benzene rings is 1. The monoisotopic (exact) mass is 251 g/mol. The molecule has 0 radical (unpaired) electrons. The van der Waals surface area contributed by atoms with Crippen LogP contribution in [-0.2, 0) is 4.74 Å². The summed E-state index contributed by atoms with van der Waals surface area (Å²) in [5, 5.41) is 2.02. The second-order valence-electron chi connectivity index (χ2n) is 3.05. The van der Waals surface area contributed by atoms with Crippen LogP contribution in [0, 0.1) is 11.6 Å². The van der Waals surface area contributed by atoms with Crippen LogP contribution in [0.4, 0.5) is 23.2 Å². The molecule has 0 aliphatic rings. The molecular weight excluding hydrogens is 242 g/mol. The van der Waals surface area contributed by atoms with Crippen molar-refractivity contribution in [3.8, 4) is 0 Å². The van der Waals surface area contributed by atoms with E-state index in [1.807, 2.05) is 5.32 Å². The van der Waals surface area contributed by atoms with E-state index in [0.717, 1.165) is 19.2 Å². The number of hydrogen-bond donors (Lipinski definition) is 1. The SMILES string of the molecule is COC(=O)c1ccc(NCC(F)F)c(F)c1F. The van der Waals surface area contributed by atoms with E-state index >= 15 is 0 Å². The Morgan fingerprint density at radius 2 is 2.00 bits per heavy atom. The molecule has 0 fully saturated rings. The van der Waals surface area contributed by atoms with Crippen LogP contribution >= 0.6 is 0 Å². The van der Waals surface area contributed by atoms with Gasteiger partial charge in [-0.2, -0.15) is 0 Å². The molecule has 1 rings (SSSR count). The smallest absolute Gasteiger partial charge is 0.340 e. The van der Waals surface area contributed by atoms with Gasteiger partial charge in [-0.3, -0.25) is 0 Å². The molecule has 1 aromatic carbocycles. The zero-order valence-electron chi connectivity index (χ0n) is 8.77. The van der Waals surface area contributed by atoms with Gasteiger partial charge in [-0.15, -0.1) is 0 Å². The lowest BCUT2D eigenvalue weighted by molar-refractivity contribution is 0.0594. The third-order valence-electron chi connectivity index (χ3n) is 1.93. The summed E-state index contributed by atoms with van der Waals surface area (Å²) in [4.78, 5) is 11.0. The lowest BCUT2D eigenvalue weighted by Gasteiger charge is -2.09. The number of alkyl halides is 2. The molecule has 1 N–H and O–H groups in total. The van der Waals surface area contributed by atoms with Gasteiger partial charge >= 0.3 is 5.97 Å². The molecule has 3 nitrogen and oxygen atoms in total. The Kier molecular flexibility index (Phi) is 4.30. The third kappa shape index (κ3) is 3.08. The van der Waals surface area contributed by atoms with Crippen LogP contribution in [0.15, 0.2) is 12.1 Å². The topological polar surface area (TPSA) is 38.3 Å².